The van der Waals surface area contributed by atoms with Crippen LogP contribution in [0.2, 0.25) is 0 Å². The van der Waals surface area contributed by atoms with Gasteiger partial charge in [-0.3, -0.25) is 0 Å². The van der Waals surface area contributed by atoms with Crippen LogP contribution in [0.4, 0.5) is 0 Å². The summed E-state index contributed by atoms with van der Waals surface area (Å²) in [6.45, 7) is 2.75. The Balaban J connectivity index is 0. The number of hydrogen-bond donors (Lipinski definition) is 4. The normalized spacial score (nSPS) is 11.9. The van der Waals surface area contributed by atoms with E-state index in [1.165, 1.54) is 57.8 Å². The molecule has 0 spiro atoms. The molecule has 1 atom stereocenters. The molecule has 0 aliphatic rings. The molecule has 0 aliphatic heterocycles. The summed E-state index contributed by atoms with van der Waals surface area (Å²) in [4.78, 5) is 0. The van der Waals surface area contributed by atoms with Gasteiger partial charge < -0.3 is 25.2 Å². The topological polar surface area (TPSA) is 90.2 Å². The molecule has 0 fully saturated rings. The minimum atomic E-state index is -0.715. The van der Waals surface area contributed by atoms with Crippen LogP contribution in [-0.2, 0) is 4.74 Å². The molecule has 5 heteroatoms. The zero-order chi connectivity index (χ0) is 16.9. The smallest absolute Gasteiger partial charge is 0.100 e. The van der Waals surface area contributed by atoms with Gasteiger partial charge >= 0.3 is 0 Å². The number of unbranched alkanes of at least 4 members (excludes halogenated alkanes) is 9. The summed E-state index contributed by atoms with van der Waals surface area (Å²) in [7, 11) is 0. The second-order valence-corrected chi connectivity index (χ2v) is 5.54. The Morgan fingerprint density at radius 1 is 0.727 bits per heavy atom. The number of ether oxygens (including phenoxy) is 1. The van der Waals surface area contributed by atoms with E-state index in [0.717, 1.165) is 6.42 Å². The van der Waals surface area contributed by atoms with Crippen molar-refractivity contribution < 1.29 is 25.2 Å². The Kier molecular flexibility index (Phi) is 25.2. The molecule has 0 heterocycles. The highest BCUT2D eigenvalue weighted by Crippen LogP contribution is 2.10. The molecule has 0 aliphatic carbocycles. The predicted molar refractivity (Wildman–Crippen MR) is 89.9 cm³/mol. The Hall–Kier alpha value is -0.200. The molecule has 1 unspecified atom stereocenters. The number of aliphatic hydroxyl groups excluding tert-OH is 4. The summed E-state index contributed by atoms with van der Waals surface area (Å²) in [6, 6.07) is 0. The highest BCUT2D eigenvalue weighted by atomic mass is 16.5. The fourth-order valence-corrected chi connectivity index (χ4v) is 1.96. The van der Waals surface area contributed by atoms with Crippen LogP contribution in [0.3, 0.4) is 0 Å². The molecule has 0 saturated carbocycles. The van der Waals surface area contributed by atoms with E-state index in [-0.39, 0.29) is 26.4 Å². The SMILES string of the molecule is CCCCCCCCCCCCOCC(O)CO.OCCO. The minimum absolute atomic E-state index is 0.125. The molecule has 4 N–H and O–H groups in total. The van der Waals surface area contributed by atoms with E-state index >= 15 is 0 Å². The van der Waals surface area contributed by atoms with Gasteiger partial charge in [0, 0.05) is 6.61 Å². The molecule has 0 aromatic carbocycles. The van der Waals surface area contributed by atoms with E-state index in [0.29, 0.717) is 6.61 Å². The Labute approximate surface area is 136 Å². The van der Waals surface area contributed by atoms with Gasteiger partial charge in [0.15, 0.2) is 0 Å². The summed E-state index contributed by atoms with van der Waals surface area (Å²) in [5, 5.41) is 32.9. The Morgan fingerprint density at radius 3 is 1.59 bits per heavy atom. The van der Waals surface area contributed by atoms with Gasteiger partial charge in [-0.15, -0.1) is 0 Å². The van der Waals surface area contributed by atoms with Gasteiger partial charge in [-0.2, -0.15) is 0 Å². The van der Waals surface area contributed by atoms with E-state index in [4.69, 9.17) is 25.2 Å². The van der Waals surface area contributed by atoms with E-state index < -0.39 is 6.10 Å². The summed E-state index contributed by atoms with van der Waals surface area (Å²) < 4.78 is 5.25. The van der Waals surface area contributed by atoms with Crippen LogP contribution in [-0.4, -0.2) is 59.6 Å². The molecule has 136 valence electrons. The first-order valence-corrected chi connectivity index (χ1v) is 8.81. The van der Waals surface area contributed by atoms with Crippen molar-refractivity contribution >= 4 is 0 Å². The van der Waals surface area contributed by atoms with Crippen molar-refractivity contribution in [3.63, 3.8) is 0 Å². The summed E-state index contributed by atoms with van der Waals surface area (Å²) in [5.41, 5.74) is 0. The highest BCUT2D eigenvalue weighted by Gasteiger charge is 2.00. The molecule has 22 heavy (non-hydrogen) atoms. The van der Waals surface area contributed by atoms with Crippen molar-refractivity contribution in [2.24, 2.45) is 0 Å². The average molecular weight is 322 g/mol. The van der Waals surface area contributed by atoms with Crippen LogP contribution >= 0.6 is 0 Å². The van der Waals surface area contributed by atoms with Crippen molar-refractivity contribution in [3.8, 4) is 0 Å². The van der Waals surface area contributed by atoms with Crippen LogP contribution in [0.25, 0.3) is 0 Å². The van der Waals surface area contributed by atoms with Gasteiger partial charge in [0.05, 0.1) is 26.4 Å². The lowest BCUT2D eigenvalue weighted by Crippen LogP contribution is -2.19. The second-order valence-electron chi connectivity index (χ2n) is 5.54. The number of rotatable bonds is 15. The number of aliphatic hydroxyl groups is 4. The third-order valence-corrected chi connectivity index (χ3v) is 3.26. The van der Waals surface area contributed by atoms with Crippen molar-refractivity contribution in [3.05, 3.63) is 0 Å². The maximum absolute atomic E-state index is 9.04. The molecule has 0 saturated heterocycles. The minimum Gasteiger partial charge on any atom is -0.394 e. The first-order chi connectivity index (χ1) is 10.7. The predicted octanol–water partition coefficient (Wildman–Crippen LogP) is 2.25. The van der Waals surface area contributed by atoms with Crippen molar-refractivity contribution in [2.45, 2.75) is 77.2 Å². The van der Waals surface area contributed by atoms with Gasteiger partial charge in [0.25, 0.3) is 0 Å². The van der Waals surface area contributed by atoms with Gasteiger partial charge in [-0.25, -0.2) is 0 Å². The molecule has 5 nitrogen and oxygen atoms in total. The van der Waals surface area contributed by atoms with E-state index in [2.05, 4.69) is 6.92 Å². The molecule has 0 bridgehead atoms. The van der Waals surface area contributed by atoms with Gasteiger partial charge in [0.2, 0.25) is 0 Å². The average Bonchev–Trinajstić information content (AvgIpc) is 2.55. The fourth-order valence-electron chi connectivity index (χ4n) is 1.96. The highest BCUT2D eigenvalue weighted by molar-refractivity contribution is 4.50. The van der Waals surface area contributed by atoms with Crippen LogP contribution < -0.4 is 0 Å². The monoisotopic (exact) mass is 322 g/mol. The zero-order valence-corrected chi connectivity index (χ0v) is 14.4. The lowest BCUT2D eigenvalue weighted by atomic mass is 10.1. The van der Waals surface area contributed by atoms with Crippen LogP contribution in [0.5, 0.6) is 0 Å². The lowest BCUT2D eigenvalue weighted by Gasteiger charge is -2.07. The molecular weight excluding hydrogens is 284 g/mol. The first-order valence-electron chi connectivity index (χ1n) is 8.81. The van der Waals surface area contributed by atoms with Crippen LogP contribution in [0, 0.1) is 0 Å². The van der Waals surface area contributed by atoms with E-state index in [9.17, 15) is 0 Å². The van der Waals surface area contributed by atoms with Crippen LogP contribution in [0.1, 0.15) is 71.1 Å². The second kappa shape index (κ2) is 23.1. The first kappa shape index (κ1) is 24.1. The quantitative estimate of drug-likeness (QED) is 0.347. The lowest BCUT2D eigenvalue weighted by molar-refractivity contribution is 0.00526. The molecule has 0 amide bonds. The summed E-state index contributed by atoms with van der Waals surface area (Å²) >= 11 is 0. The maximum Gasteiger partial charge on any atom is 0.100 e. The molecule has 0 aromatic heterocycles. The molecule has 0 rings (SSSR count). The van der Waals surface area contributed by atoms with Gasteiger partial charge in [-0.05, 0) is 6.42 Å². The molecule has 0 aromatic rings. The van der Waals surface area contributed by atoms with Crippen molar-refractivity contribution in [1.29, 1.82) is 0 Å². The fraction of sp³-hybridized carbons (Fsp3) is 1.00. The third kappa shape index (κ3) is 24.8. The van der Waals surface area contributed by atoms with E-state index in [1.807, 2.05) is 0 Å². The van der Waals surface area contributed by atoms with Crippen molar-refractivity contribution in [2.75, 3.05) is 33.0 Å². The van der Waals surface area contributed by atoms with Crippen molar-refractivity contribution in [1.82, 2.24) is 0 Å². The zero-order valence-electron chi connectivity index (χ0n) is 14.4. The molecular formula is C17H38O5. The maximum atomic E-state index is 9.04. The van der Waals surface area contributed by atoms with Gasteiger partial charge in [0.1, 0.15) is 6.10 Å². The Bertz CT molecular complexity index is 176. The summed E-state index contributed by atoms with van der Waals surface area (Å²) in [6.07, 6.45) is 12.5. The number of hydrogen-bond acceptors (Lipinski definition) is 5. The third-order valence-electron chi connectivity index (χ3n) is 3.26. The van der Waals surface area contributed by atoms with Crippen LogP contribution in [0.15, 0.2) is 0 Å². The standard InChI is InChI=1S/C15H32O3.C2H6O2/c1-2-3-4-5-6-7-8-9-10-11-12-18-14-15(17)13-16;3-1-2-4/h15-17H,2-14H2,1H3;3-4H,1-2H2. The molecule has 0 radical (unpaired) electrons. The van der Waals surface area contributed by atoms with Gasteiger partial charge in [-0.1, -0.05) is 64.7 Å². The Morgan fingerprint density at radius 2 is 1.18 bits per heavy atom. The summed E-state index contributed by atoms with van der Waals surface area (Å²) in [5.74, 6) is 0. The largest absolute Gasteiger partial charge is 0.394 e. The van der Waals surface area contributed by atoms with E-state index in [1.54, 1.807) is 0 Å².